The second kappa shape index (κ2) is 14.7. The zero-order valence-electron chi connectivity index (χ0n) is 11.5. The summed E-state index contributed by atoms with van der Waals surface area (Å²) in [6.07, 6.45) is 17.0. The van der Waals surface area contributed by atoms with E-state index in [0.29, 0.717) is 0 Å². The van der Waals surface area contributed by atoms with E-state index in [2.05, 4.69) is 25.1 Å². The largest absolute Gasteiger partial charge is 0.298 e. The Balaban J connectivity index is 2.95. The van der Waals surface area contributed by atoms with Crippen molar-refractivity contribution in [2.75, 3.05) is 6.54 Å². The van der Waals surface area contributed by atoms with Crippen LogP contribution in [0.3, 0.4) is 0 Å². The lowest BCUT2D eigenvalue weighted by atomic mass is 10.1. The summed E-state index contributed by atoms with van der Waals surface area (Å²) in [5.74, 6) is 0. The van der Waals surface area contributed by atoms with Crippen LogP contribution in [0.15, 0.2) is 4.99 Å². The Kier molecular flexibility index (Phi) is 14.4. The van der Waals surface area contributed by atoms with Crippen LogP contribution in [-0.4, -0.2) is 12.8 Å². The first-order valence-electron chi connectivity index (χ1n) is 7.40. The molecule has 0 aromatic carbocycles. The lowest BCUT2D eigenvalue weighted by Gasteiger charge is -1.99. The minimum Gasteiger partial charge on any atom is -0.298 e. The zero-order chi connectivity index (χ0) is 11.9. The monoisotopic (exact) mass is 225 g/mol. The molecule has 0 aromatic heterocycles. The second-order valence-electron chi connectivity index (χ2n) is 4.71. The maximum absolute atomic E-state index is 4.43. The molecule has 0 heterocycles. The molecule has 0 saturated heterocycles. The molecular weight excluding hydrogens is 194 g/mol. The van der Waals surface area contributed by atoms with Gasteiger partial charge in [-0.2, -0.15) is 0 Å². The summed E-state index contributed by atoms with van der Waals surface area (Å²) in [5, 5.41) is 0. The summed E-state index contributed by atoms with van der Waals surface area (Å²) >= 11 is 0. The quantitative estimate of drug-likeness (QED) is 0.312. The summed E-state index contributed by atoms with van der Waals surface area (Å²) in [7, 11) is 0. The van der Waals surface area contributed by atoms with Gasteiger partial charge in [-0.05, 0) is 25.5 Å². The Morgan fingerprint density at radius 1 is 0.688 bits per heavy atom. The van der Waals surface area contributed by atoms with E-state index in [1.54, 1.807) is 0 Å². The fourth-order valence-corrected chi connectivity index (χ4v) is 1.81. The number of aliphatic imine (C=N–C) groups is 1. The summed E-state index contributed by atoms with van der Waals surface area (Å²) in [5.41, 5.74) is 0. The Morgan fingerprint density at radius 3 is 1.88 bits per heavy atom. The minimum absolute atomic E-state index is 1.05. The van der Waals surface area contributed by atoms with Gasteiger partial charge in [0.1, 0.15) is 0 Å². The van der Waals surface area contributed by atoms with Crippen molar-refractivity contribution in [2.45, 2.75) is 84.5 Å². The molecule has 1 heteroatoms. The topological polar surface area (TPSA) is 12.4 Å². The number of hydrogen-bond acceptors (Lipinski definition) is 1. The van der Waals surface area contributed by atoms with Crippen molar-refractivity contribution in [1.29, 1.82) is 0 Å². The second-order valence-corrected chi connectivity index (χ2v) is 4.71. The van der Waals surface area contributed by atoms with E-state index < -0.39 is 0 Å². The van der Waals surface area contributed by atoms with E-state index in [-0.39, 0.29) is 0 Å². The third-order valence-electron chi connectivity index (χ3n) is 2.96. The molecule has 16 heavy (non-hydrogen) atoms. The highest BCUT2D eigenvalue weighted by molar-refractivity contribution is 5.56. The average Bonchev–Trinajstić information content (AvgIpc) is 2.31. The van der Waals surface area contributed by atoms with Crippen LogP contribution in [0, 0.1) is 0 Å². The van der Waals surface area contributed by atoms with Gasteiger partial charge >= 0.3 is 0 Å². The first-order chi connectivity index (χ1) is 7.91. The highest BCUT2D eigenvalue weighted by Crippen LogP contribution is 2.08. The third-order valence-corrected chi connectivity index (χ3v) is 2.96. The van der Waals surface area contributed by atoms with Crippen molar-refractivity contribution < 1.29 is 0 Å². The first-order valence-corrected chi connectivity index (χ1v) is 7.40. The van der Waals surface area contributed by atoms with Crippen molar-refractivity contribution in [3.8, 4) is 0 Å². The third kappa shape index (κ3) is 13.7. The van der Waals surface area contributed by atoms with Crippen LogP contribution >= 0.6 is 0 Å². The molecular formula is C15H31N. The van der Waals surface area contributed by atoms with Crippen LogP contribution in [0.2, 0.25) is 0 Å². The van der Waals surface area contributed by atoms with Crippen LogP contribution in [0.1, 0.15) is 84.5 Å². The summed E-state index contributed by atoms with van der Waals surface area (Å²) in [4.78, 5) is 4.43. The molecule has 0 radical (unpaired) electrons. The lowest BCUT2D eigenvalue weighted by molar-refractivity contribution is 0.578. The molecule has 0 aliphatic rings. The molecule has 0 fully saturated rings. The zero-order valence-corrected chi connectivity index (χ0v) is 11.5. The van der Waals surface area contributed by atoms with Crippen LogP contribution < -0.4 is 0 Å². The SMILES string of the molecule is CCCCC=NCCCCCCCCCC. The van der Waals surface area contributed by atoms with Gasteiger partial charge in [-0.25, -0.2) is 0 Å². The number of hydrogen-bond donors (Lipinski definition) is 0. The molecule has 0 N–H and O–H groups in total. The van der Waals surface area contributed by atoms with Gasteiger partial charge in [0.15, 0.2) is 0 Å². The average molecular weight is 225 g/mol. The molecule has 0 unspecified atom stereocenters. The molecule has 0 amide bonds. The number of nitrogens with zero attached hydrogens (tertiary/aromatic N) is 1. The summed E-state index contributed by atoms with van der Waals surface area (Å²) in [6, 6.07) is 0. The molecule has 0 spiro atoms. The Labute approximate surface area is 103 Å². The molecule has 0 atom stereocenters. The smallest absolute Gasteiger partial charge is 0.0385 e. The highest BCUT2D eigenvalue weighted by atomic mass is 14.7. The normalized spacial score (nSPS) is 11.4. The van der Waals surface area contributed by atoms with Crippen LogP contribution in [0.5, 0.6) is 0 Å². The van der Waals surface area contributed by atoms with Crippen molar-refractivity contribution in [2.24, 2.45) is 4.99 Å². The molecule has 0 aliphatic carbocycles. The van der Waals surface area contributed by atoms with E-state index in [0.717, 1.165) is 6.54 Å². The van der Waals surface area contributed by atoms with Crippen LogP contribution in [0.25, 0.3) is 0 Å². The van der Waals surface area contributed by atoms with Gasteiger partial charge in [0.2, 0.25) is 0 Å². The molecule has 0 aliphatic heterocycles. The predicted molar refractivity (Wildman–Crippen MR) is 75.5 cm³/mol. The molecule has 1 nitrogen and oxygen atoms in total. The first kappa shape index (κ1) is 15.7. The Morgan fingerprint density at radius 2 is 1.25 bits per heavy atom. The van der Waals surface area contributed by atoms with Crippen molar-refractivity contribution in [3.05, 3.63) is 0 Å². The number of unbranched alkanes of at least 4 members (excludes halogenated alkanes) is 9. The van der Waals surface area contributed by atoms with Crippen LogP contribution in [-0.2, 0) is 0 Å². The fourth-order valence-electron chi connectivity index (χ4n) is 1.81. The van der Waals surface area contributed by atoms with Crippen molar-refractivity contribution in [1.82, 2.24) is 0 Å². The van der Waals surface area contributed by atoms with E-state index in [4.69, 9.17) is 0 Å². The Bertz CT molecular complexity index is 140. The predicted octanol–water partition coefficient (Wildman–Crippen LogP) is 5.39. The summed E-state index contributed by atoms with van der Waals surface area (Å²) < 4.78 is 0. The molecule has 96 valence electrons. The van der Waals surface area contributed by atoms with Gasteiger partial charge in [-0.15, -0.1) is 0 Å². The van der Waals surface area contributed by atoms with Crippen molar-refractivity contribution >= 4 is 6.21 Å². The van der Waals surface area contributed by atoms with Gasteiger partial charge in [0.05, 0.1) is 0 Å². The number of rotatable bonds is 12. The van der Waals surface area contributed by atoms with E-state index in [9.17, 15) is 0 Å². The van der Waals surface area contributed by atoms with Crippen LogP contribution in [0.4, 0.5) is 0 Å². The fraction of sp³-hybridized carbons (Fsp3) is 0.933. The lowest BCUT2D eigenvalue weighted by Crippen LogP contribution is -1.85. The molecule has 0 bridgehead atoms. The molecule has 0 aromatic rings. The molecule has 0 rings (SSSR count). The minimum atomic E-state index is 1.05. The van der Waals surface area contributed by atoms with E-state index in [1.165, 1.54) is 70.6 Å². The van der Waals surface area contributed by atoms with Crippen molar-refractivity contribution in [3.63, 3.8) is 0 Å². The maximum atomic E-state index is 4.43. The maximum Gasteiger partial charge on any atom is 0.0385 e. The Hall–Kier alpha value is -0.330. The molecule has 0 saturated carbocycles. The van der Waals surface area contributed by atoms with Gasteiger partial charge in [-0.1, -0.05) is 65.2 Å². The standard InChI is InChI=1S/C15H31N/c1-3-5-7-8-9-10-11-13-15-16-14-12-6-4-2/h14H,3-13,15H2,1-2H3. The van der Waals surface area contributed by atoms with Gasteiger partial charge in [0, 0.05) is 6.54 Å². The van der Waals surface area contributed by atoms with Gasteiger partial charge in [0.25, 0.3) is 0 Å². The van der Waals surface area contributed by atoms with E-state index >= 15 is 0 Å². The van der Waals surface area contributed by atoms with Gasteiger partial charge in [-0.3, -0.25) is 4.99 Å². The van der Waals surface area contributed by atoms with E-state index in [1.807, 2.05) is 0 Å². The summed E-state index contributed by atoms with van der Waals surface area (Å²) in [6.45, 7) is 5.56. The van der Waals surface area contributed by atoms with Gasteiger partial charge < -0.3 is 0 Å². The highest BCUT2D eigenvalue weighted by Gasteiger charge is 1.90.